The number of allylic oxidation sites excluding steroid dienone is 1. The summed E-state index contributed by atoms with van der Waals surface area (Å²) < 4.78 is 62.2. The second kappa shape index (κ2) is 20.1. The highest BCUT2D eigenvalue weighted by atomic mass is 16.8. The molecule has 10 aliphatic rings. The molecule has 0 bridgehead atoms. The molecular formula is C51H82O20. The van der Waals surface area contributed by atoms with E-state index in [1.54, 1.807) is 0 Å². The first-order valence-electron chi connectivity index (χ1n) is 26.6. The third-order valence-corrected chi connectivity index (χ3v) is 19.7. The molecule has 20 nitrogen and oxygen atoms in total. The smallest absolute Gasteiger partial charge is 0.187 e. The average Bonchev–Trinajstić information content (AvgIpc) is 3.79. The number of hydrogen-bond acceptors (Lipinski definition) is 20. The standard InChI is InChI=1S/C51H82O20/c1-20-10-15-51(62-19-20)21(2)32-30(71-51)17-29-27-9-8-25-16-26(11-13-49(25,6)28(27)12-14-50(29,32)7)66-48-44(70-46-39(59)36(56)34(54)23(4)64-46)41(61)43(31(18-52)67-48)69-47-40(60)37(57)42(24(5)65-47)68-45-38(58)35(55)33(53)22(3)63-45/h8,20-24,26-48,52-61H,9-19H2,1-7H3/t20-,21+,22+,23+,24+,26+,27-,28+,29+,30+,31-,32+,33+,34+,35-,36-,37+,38-,39-,40-,41+,42+,43-,44-,45+,46+,47+,48-,49+,50+,51-/m1/s1. The number of aliphatic hydroxyl groups is 10. The van der Waals surface area contributed by atoms with Gasteiger partial charge in [-0.2, -0.15) is 0 Å². The predicted molar refractivity (Wildman–Crippen MR) is 244 cm³/mol. The van der Waals surface area contributed by atoms with Crippen molar-refractivity contribution in [3.8, 4) is 0 Å². The van der Waals surface area contributed by atoms with Gasteiger partial charge in [-0.1, -0.05) is 39.3 Å². The molecule has 6 aliphatic heterocycles. The first-order chi connectivity index (χ1) is 33.6. The van der Waals surface area contributed by atoms with E-state index in [1.807, 2.05) is 0 Å². The van der Waals surface area contributed by atoms with E-state index in [-0.39, 0.29) is 16.9 Å². The van der Waals surface area contributed by atoms with Crippen LogP contribution in [0.15, 0.2) is 11.6 Å². The van der Waals surface area contributed by atoms with Gasteiger partial charge in [0.25, 0.3) is 0 Å². The number of ether oxygens (including phenoxy) is 10. The van der Waals surface area contributed by atoms with E-state index < -0.39 is 141 Å². The van der Waals surface area contributed by atoms with Gasteiger partial charge in [-0.25, -0.2) is 0 Å². The Morgan fingerprint density at radius 3 is 1.82 bits per heavy atom. The summed E-state index contributed by atoms with van der Waals surface area (Å²) in [5, 5.41) is 109. The Morgan fingerprint density at radius 1 is 0.592 bits per heavy atom. The van der Waals surface area contributed by atoms with Crippen LogP contribution in [-0.4, -0.2) is 205 Å². The average molecular weight is 1020 g/mol. The van der Waals surface area contributed by atoms with Crippen LogP contribution in [0.1, 0.15) is 106 Å². The van der Waals surface area contributed by atoms with Crippen molar-refractivity contribution in [1.29, 1.82) is 0 Å². The van der Waals surface area contributed by atoms with E-state index in [4.69, 9.17) is 47.4 Å². The molecule has 406 valence electrons. The topological polar surface area (TPSA) is 295 Å². The molecule has 20 heteroatoms. The summed E-state index contributed by atoms with van der Waals surface area (Å²) in [7, 11) is 0. The predicted octanol–water partition coefficient (Wildman–Crippen LogP) is 0.0935. The van der Waals surface area contributed by atoms with Crippen molar-refractivity contribution >= 4 is 0 Å². The number of fused-ring (bicyclic) bond motifs is 7. The molecule has 6 saturated heterocycles. The van der Waals surface area contributed by atoms with Crippen LogP contribution in [-0.2, 0) is 47.4 Å². The molecule has 10 N–H and O–H groups in total. The maximum atomic E-state index is 12.2. The van der Waals surface area contributed by atoms with Crippen molar-refractivity contribution in [3.05, 3.63) is 11.6 Å². The first-order valence-corrected chi connectivity index (χ1v) is 26.6. The second-order valence-corrected chi connectivity index (χ2v) is 23.8. The summed E-state index contributed by atoms with van der Waals surface area (Å²) in [6.07, 6.45) is -19.0. The van der Waals surface area contributed by atoms with Crippen LogP contribution in [0.2, 0.25) is 0 Å². The Labute approximate surface area is 415 Å². The molecule has 4 aliphatic carbocycles. The minimum atomic E-state index is -1.85. The van der Waals surface area contributed by atoms with Gasteiger partial charge in [0.2, 0.25) is 0 Å². The molecule has 10 rings (SSSR count). The van der Waals surface area contributed by atoms with Crippen LogP contribution in [0.4, 0.5) is 0 Å². The van der Waals surface area contributed by atoms with E-state index in [0.717, 1.165) is 51.6 Å². The fourth-order valence-electron chi connectivity index (χ4n) is 15.4. The summed E-state index contributed by atoms with van der Waals surface area (Å²) in [5.41, 5.74) is 1.44. The SMILES string of the molecule is C[C@@H]1CC[C@@]2(OC1)O[C@H]1C[C@H]3[C@@H]4CC=C5C[C@@H](O[C@@H]6O[C@H](CO)[C@@H](O[C@@H]7O[C@@H](C)[C@H](O[C@@H]8O[C@@H](C)[C@H](O)[C@@H](O)[C@H]8O)[C@@H](O)[C@H]7O)[C@H](O)[C@H]6O[C@@H]6O[C@@H](C)[C@H](O)[C@@H](O)[C@H]6O)CC[C@]5(C)[C@H]4CC[C@]3(C)[C@H]1[C@@H]2C. The molecule has 71 heavy (non-hydrogen) atoms. The molecule has 1 spiro atoms. The molecule has 9 fully saturated rings. The zero-order chi connectivity index (χ0) is 50.8. The van der Waals surface area contributed by atoms with Crippen LogP contribution in [0, 0.1) is 46.3 Å². The van der Waals surface area contributed by atoms with E-state index >= 15 is 0 Å². The Morgan fingerprint density at radius 2 is 1.20 bits per heavy atom. The highest BCUT2D eigenvalue weighted by molar-refractivity contribution is 5.26. The van der Waals surface area contributed by atoms with Crippen LogP contribution in [0.3, 0.4) is 0 Å². The Hall–Kier alpha value is -1.06. The molecule has 0 aromatic rings. The van der Waals surface area contributed by atoms with Gasteiger partial charge in [0.05, 0.1) is 43.7 Å². The monoisotopic (exact) mass is 1010 g/mol. The van der Waals surface area contributed by atoms with E-state index in [9.17, 15) is 51.1 Å². The summed E-state index contributed by atoms with van der Waals surface area (Å²) in [6, 6.07) is 0. The lowest BCUT2D eigenvalue weighted by atomic mass is 9.47. The van der Waals surface area contributed by atoms with E-state index in [1.165, 1.54) is 26.3 Å². The largest absolute Gasteiger partial charge is 0.394 e. The van der Waals surface area contributed by atoms with Crippen molar-refractivity contribution < 1.29 is 98.4 Å². The van der Waals surface area contributed by atoms with Crippen LogP contribution in [0.5, 0.6) is 0 Å². The second-order valence-electron chi connectivity index (χ2n) is 23.8. The third-order valence-electron chi connectivity index (χ3n) is 19.7. The van der Waals surface area contributed by atoms with Crippen molar-refractivity contribution in [2.24, 2.45) is 46.3 Å². The summed E-state index contributed by atoms with van der Waals surface area (Å²) >= 11 is 0. The van der Waals surface area contributed by atoms with Gasteiger partial charge in [0.1, 0.15) is 79.4 Å². The molecule has 0 aromatic heterocycles. The summed E-state index contributed by atoms with van der Waals surface area (Å²) in [6.45, 7) is 14.1. The Kier molecular flexibility index (Phi) is 15.1. The minimum Gasteiger partial charge on any atom is -0.394 e. The highest BCUT2D eigenvalue weighted by Crippen LogP contribution is 2.71. The lowest BCUT2D eigenvalue weighted by Crippen LogP contribution is -2.67. The molecular weight excluding hydrogens is 933 g/mol. The lowest BCUT2D eigenvalue weighted by Gasteiger charge is -2.59. The maximum absolute atomic E-state index is 12.2. The maximum Gasteiger partial charge on any atom is 0.187 e. The summed E-state index contributed by atoms with van der Waals surface area (Å²) in [4.78, 5) is 0. The van der Waals surface area contributed by atoms with Crippen molar-refractivity contribution in [3.63, 3.8) is 0 Å². The van der Waals surface area contributed by atoms with Gasteiger partial charge in [-0.05, 0) is 113 Å². The summed E-state index contributed by atoms with van der Waals surface area (Å²) in [5.74, 6) is 2.46. The fourth-order valence-corrected chi connectivity index (χ4v) is 15.4. The molecule has 0 unspecified atom stereocenters. The van der Waals surface area contributed by atoms with Crippen LogP contribution in [0.25, 0.3) is 0 Å². The van der Waals surface area contributed by atoms with Gasteiger partial charge in [-0.3, -0.25) is 0 Å². The molecule has 0 radical (unpaired) electrons. The van der Waals surface area contributed by atoms with E-state index in [2.05, 4.69) is 33.8 Å². The van der Waals surface area contributed by atoms with Gasteiger partial charge in [0.15, 0.2) is 30.9 Å². The molecule has 31 atom stereocenters. The minimum absolute atomic E-state index is 0.0569. The van der Waals surface area contributed by atoms with Crippen LogP contribution < -0.4 is 0 Å². The number of aliphatic hydroxyl groups excluding tert-OH is 10. The zero-order valence-corrected chi connectivity index (χ0v) is 42.1. The highest BCUT2D eigenvalue weighted by Gasteiger charge is 2.69. The van der Waals surface area contributed by atoms with E-state index in [0.29, 0.717) is 48.3 Å². The number of rotatable bonds is 9. The van der Waals surface area contributed by atoms with Crippen LogP contribution >= 0.6 is 0 Å². The lowest BCUT2D eigenvalue weighted by molar-refractivity contribution is -0.394. The third kappa shape index (κ3) is 9.03. The fraction of sp³-hybridized carbons (Fsp3) is 0.961. The number of hydrogen-bond donors (Lipinski definition) is 10. The Balaban J connectivity index is 0.836. The first kappa shape index (κ1) is 53.3. The normalized spacial score (nSPS) is 58.4. The van der Waals surface area contributed by atoms with Crippen molar-refractivity contribution in [2.45, 2.75) is 247 Å². The Bertz CT molecular complexity index is 1890. The quantitative estimate of drug-likeness (QED) is 0.137. The van der Waals surface area contributed by atoms with Gasteiger partial charge in [-0.15, -0.1) is 0 Å². The molecule has 0 aromatic carbocycles. The molecule has 6 heterocycles. The van der Waals surface area contributed by atoms with Gasteiger partial charge in [0, 0.05) is 12.3 Å². The zero-order valence-electron chi connectivity index (χ0n) is 42.1. The van der Waals surface area contributed by atoms with Gasteiger partial charge >= 0.3 is 0 Å². The van der Waals surface area contributed by atoms with Gasteiger partial charge < -0.3 is 98.4 Å². The van der Waals surface area contributed by atoms with Crippen molar-refractivity contribution in [2.75, 3.05) is 13.2 Å². The molecule has 3 saturated carbocycles. The van der Waals surface area contributed by atoms with Crippen molar-refractivity contribution in [1.82, 2.24) is 0 Å². The molecule has 0 amide bonds.